The molecule has 0 aliphatic rings. The van der Waals surface area contributed by atoms with Gasteiger partial charge in [-0.2, -0.15) is 0 Å². The summed E-state index contributed by atoms with van der Waals surface area (Å²) in [6.07, 6.45) is 4.58. The first-order valence-corrected chi connectivity index (χ1v) is 11.9. The molecule has 5 nitrogen and oxygen atoms in total. The first kappa shape index (κ1) is 22.5. The van der Waals surface area contributed by atoms with Crippen LogP contribution in [0.2, 0.25) is 5.02 Å². The van der Waals surface area contributed by atoms with E-state index in [0.717, 1.165) is 28.9 Å². The van der Waals surface area contributed by atoms with Crippen LogP contribution < -0.4 is 5.14 Å². The summed E-state index contributed by atoms with van der Waals surface area (Å²) in [4.78, 5) is 4.52. The number of imidazole rings is 1. The number of sulfonamides is 1. The minimum atomic E-state index is -3.86. The van der Waals surface area contributed by atoms with Gasteiger partial charge in [0.1, 0.15) is 5.82 Å². The molecule has 0 fully saturated rings. The van der Waals surface area contributed by atoms with Gasteiger partial charge in [0.15, 0.2) is 0 Å². The zero-order valence-corrected chi connectivity index (χ0v) is 19.3. The lowest BCUT2D eigenvalue weighted by Gasteiger charge is -2.15. The lowest BCUT2D eigenvalue weighted by atomic mass is 9.97. The maximum absolute atomic E-state index is 12.2. The van der Waals surface area contributed by atoms with Crippen LogP contribution in [0.4, 0.5) is 0 Å². The first-order chi connectivity index (χ1) is 14.1. The number of primary sulfonamides is 1. The third kappa shape index (κ3) is 5.12. The average molecular weight is 446 g/mol. The van der Waals surface area contributed by atoms with Crippen LogP contribution in [0.15, 0.2) is 53.7 Å². The maximum Gasteiger partial charge on any atom is 0.238 e. The quantitative estimate of drug-likeness (QED) is 0.541. The molecule has 0 radical (unpaired) electrons. The standard InChI is InChI=1S/C23H28ClN3O2S/c1-15(2)11-17-5-8-22(30(25,28)29)20(12-17)18-6-7-19(21(24)13-18)14-27-10-9-26-23(27)16(3)4/h5-10,12-13,15-16H,11,14H2,1-4H3,(H2,25,28,29). The maximum atomic E-state index is 12.2. The van der Waals surface area contributed by atoms with Crippen molar-refractivity contribution in [2.24, 2.45) is 11.1 Å². The zero-order valence-electron chi connectivity index (χ0n) is 17.8. The molecule has 1 heterocycles. The van der Waals surface area contributed by atoms with Crippen LogP contribution in [0.3, 0.4) is 0 Å². The van der Waals surface area contributed by atoms with Crippen LogP contribution in [-0.4, -0.2) is 18.0 Å². The Morgan fingerprint density at radius 1 is 1.10 bits per heavy atom. The normalized spacial score (nSPS) is 12.1. The molecule has 0 spiro atoms. The molecular formula is C23H28ClN3O2S. The second kappa shape index (κ2) is 8.92. The molecule has 3 rings (SSSR count). The summed E-state index contributed by atoms with van der Waals surface area (Å²) in [5, 5.41) is 6.05. The molecule has 0 bridgehead atoms. The Kier molecular flexibility index (Phi) is 6.70. The van der Waals surface area contributed by atoms with Crippen molar-refractivity contribution in [1.82, 2.24) is 9.55 Å². The first-order valence-electron chi connectivity index (χ1n) is 10.0. The smallest absolute Gasteiger partial charge is 0.238 e. The van der Waals surface area contributed by atoms with Crippen LogP contribution in [0.25, 0.3) is 11.1 Å². The van der Waals surface area contributed by atoms with Crippen molar-refractivity contribution in [2.45, 2.75) is 51.5 Å². The molecule has 2 N–H and O–H groups in total. The van der Waals surface area contributed by atoms with Crippen molar-refractivity contribution in [2.75, 3.05) is 0 Å². The van der Waals surface area contributed by atoms with Gasteiger partial charge in [-0.05, 0) is 47.2 Å². The Balaban J connectivity index is 2.02. The number of nitrogens with two attached hydrogens (primary N) is 1. The summed E-state index contributed by atoms with van der Waals surface area (Å²) < 4.78 is 26.4. The summed E-state index contributed by atoms with van der Waals surface area (Å²) in [6, 6.07) is 11.0. The third-order valence-electron chi connectivity index (χ3n) is 4.96. The molecule has 7 heteroatoms. The molecule has 0 atom stereocenters. The summed E-state index contributed by atoms with van der Waals surface area (Å²) in [7, 11) is -3.86. The molecule has 2 aromatic carbocycles. The molecule has 0 saturated carbocycles. The highest BCUT2D eigenvalue weighted by molar-refractivity contribution is 7.89. The fourth-order valence-electron chi connectivity index (χ4n) is 3.63. The van der Waals surface area contributed by atoms with Gasteiger partial charge in [-0.3, -0.25) is 0 Å². The molecule has 0 amide bonds. The second-order valence-corrected chi connectivity index (χ2v) is 10.3. The van der Waals surface area contributed by atoms with Gasteiger partial charge in [0.05, 0.1) is 11.4 Å². The zero-order chi connectivity index (χ0) is 22.1. The Labute approximate surface area is 184 Å². The van der Waals surface area contributed by atoms with E-state index in [4.69, 9.17) is 16.7 Å². The van der Waals surface area contributed by atoms with Crippen molar-refractivity contribution in [3.8, 4) is 11.1 Å². The summed E-state index contributed by atoms with van der Waals surface area (Å²) in [6.45, 7) is 9.05. The van der Waals surface area contributed by atoms with Crippen LogP contribution in [0.1, 0.15) is 50.6 Å². The lowest BCUT2D eigenvalue weighted by Crippen LogP contribution is -2.14. The second-order valence-electron chi connectivity index (χ2n) is 8.35. The number of hydrogen-bond acceptors (Lipinski definition) is 3. The van der Waals surface area contributed by atoms with Gasteiger partial charge in [0.25, 0.3) is 0 Å². The lowest BCUT2D eigenvalue weighted by molar-refractivity contribution is 0.598. The fraction of sp³-hybridized carbons (Fsp3) is 0.348. The van der Waals surface area contributed by atoms with Gasteiger partial charge >= 0.3 is 0 Å². The number of rotatable bonds is 7. The number of halogens is 1. The van der Waals surface area contributed by atoms with E-state index >= 15 is 0 Å². The van der Waals surface area contributed by atoms with Crippen LogP contribution >= 0.6 is 11.6 Å². The number of benzene rings is 2. The van der Waals surface area contributed by atoms with Crippen LogP contribution in [0, 0.1) is 5.92 Å². The highest BCUT2D eigenvalue weighted by Gasteiger charge is 2.18. The minimum Gasteiger partial charge on any atom is -0.330 e. The topological polar surface area (TPSA) is 78.0 Å². The van der Waals surface area contributed by atoms with Gasteiger partial charge in [-0.25, -0.2) is 18.5 Å². The van der Waals surface area contributed by atoms with Gasteiger partial charge in [0, 0.05) is 28.9 Å². The third-order valence-corrected chi connectivity index (χ3v) is 6.28. The van der Waals surface area contributed by atoms with Crippen molar-refractivity contribution in [3.05, 3.63) is 70.8 Å². The summed E-state index contributed by atoms with van der Waals surface area (Å²) in [5.41, 5.74) is 3.31. The van der Waals surface area contributed by atoms with E-state index in [-0.39, 0.29) is 4.90 Å². The van der Waals surface area contributed by atoms with Crippen LogP contribution in [0.5, 0.6) is 0 Å². The van der Waals surface area contributed by atoms with Gasteiger partial charge in [-0.15, -0.1) is 0 Å². The molecule has 0 unspecified atom stereocenters. The van der Waals surface area contributed by atoms with E-state index in [1.807, 2.05) is 36.5 Å². The Hall–Kier alpha value is -2.15. The van der Waals surface area contributed by atoms with Gasteiger partial charge in [-0.1, -0.05) is 57.5 Å². The highest BCUT2D eigenvalue weighted by Crippen LogP contribution is 2.32. The summed E-state index contributed by atoms with van der Waals surface area (Å²) in [5.74, 6) is 1.75. The number of aromatic nitrogens is 2. The van der Waals surface area contributed by atoms with Crippen LogP contribution in [-0.2, 0) is 23.0 Å². The fourth-order valence-corrected chi connectivity index (χ4v) is 4.61. The Morgan fingerprint density at radius 2 is 1.83 bits per heavy atom. The van der Waals surface area contributed by atoms with Gasteiger partial charge in [0.2, 0.25) is 10.0 Å². The Morgan fingerprint density at radius 3 is 2.43 bits per heavy atom. The predicted molar refractivity (Wildman–Crippen MR) is 122 cm³/mol. The van der Waals surface area contributed by atoms with Crippen molar-refractivity contribution in [3.63, 3.8) is 0 Å². The average Bonchev–Trinajstić information content (AvgIpc) is 3.10. The van der Waals surface area contributed by atoms with Crippen molar-refractivity contribution >= 4 is 21.6 Å². The van der Waals surface area contributed by atoms with Crippen molar-refractivity contribution < 1.29 is 8.42 Å². The minimum absolute atomic E-state index is 0.107. The predicted octanol–water partition coefficient (Wildman–Crippen LogP) is 5.22. The number of nitrogens with zero attached hydrogens (tertiary/aromatic N) is 2. The van der Waals surface area contributed by atoms with E-state index < -0.39 is 10.0 Å². The van der Waals surface area contributed by atoms with E-state index in [9.17, 15) is 8.42 Å². The van der Waals surface area contributed by atoms with E-state index in [1.54, 1.807) is 12.3 Å². The molecular weight excluding hydrogens is 418 g/mol. The monoisotopic (exact) mass is 445 g/mol. The molecule has 0 aliphatic carbocycles. The van der Waals surface area contributed by atoms with E-state index in [2.05, 4.69) is 37.2 Å². The SMILES string of the molecule is CC(C)Cc1ccc(S(N)(=O)=O)c(-c2ccc(Cn3ccnc3C(C)C)c(Cl)c2)c1. The largest absolute Gasteiger partial charge is 0.330 e. The molecule has 160 valence electrons. The molecule has 0 aliphatic heterocycles. The summed E-state index contributed by atoms with van der Waals surface area (Å²) >= 11 is 6.60. The van der Waals surface area contributed by atoms with Gasteiger partial charge < -0.3 is 4.57 Å². The van der Waals surface area contributed by atoms with Crippen molar-refractivity contribution in [1.29, 1.82) is 0 Å². The molecule has 30 heavy (non-hydrogen) atoms. The Bertz CT molecular complexity index is 1150. The molecule has 0 saturated heterocycles. The number of hydrogen-bond donors (Lipinski definition) is 1. The van der Waals surface area contributed by atoms with E-state index in [1.165, 1.54) is 0 Å². The molecule has 1 aromatic heterocycles. The highest BCUT2D eigenvalue weighted by atomic mass is 35.5. The molecule has 3 aromatic rings. The van der Waals surface area contributed by atoms with E-state index in [0.29, 0.717) is 29.0 Å².